The lowest BCUT2D eigenvalue weighted by Crippen LogP contribution is -2.43. The van der Waals surface area contributed by atoms with E-state index in [9.17, 15) is 14.4 Å². The second-order valence-electron chi connectivity index (χ2n) is 7.78. The molecule has 3 aromatic rings. The van der Waals surface area contributed by atoms with Crippen LogP contribution in [0.2, 0.25) is 0 Å². The number of hydrogen-bond acceptors (Lipinski definition) is 7. The number of benzene rings is 3. The molecule has 3 aromatic carbocycles. The lowest BCUT2D eigenvalue weighted by Gasteiger charge is -2.19. The SMILES string of the molecule is CCOC(=O)[C@H](Cc1ccc(C(=O)OCc2ccccc2)cc1)NC(=O)c1c(OC)cccc1OC. The molecule has 1 amide bonds. The van der Waals surface area contributed by atoms with Crippen LogP contribution in [0.15, 0.2) is 72.8 Å². The second-order valence-corrected chi connectivity index (χ2v) is 7.78. The van der Waals surface area contributed by atoms with Crippen molar-refractivity contribution in [3.8, 4) is 11.5 Å². The van der Waals surface area contributed by atoms with Crippen molar-refractivity contribution >= 4 is 17.8 Å². The zero-order chi connectivity index (χ0) is 25.9. The summed E-state index contributed by atoms with van der Waals surface area (Å²) in [6.45, 7) is 2.02. The summed E-state index contributed by atoms with van der Waals surface area (Å²) in [6, 6.07) is 20.0. The highest BCUT2D eigenvalue weighted by Gasteiger charge is 2.26. The van der Waals surface area contributed by atoms with Crippen molar-refractivity contribution in [2.45, 2.75) is 26.0 Å². The molecular formula is C28H29NO7. The number of esters is 2. The summed E-state index contributed by atoms with van der Waals surface area (Å²) in [5, 5.41) is 2.73. The minimum absolute atomic E-state index is 0.154. The van der Waals surface area contributed by atoms with Crippen LogP contribution in [0, 0.1) is 0 Å². The number of methoxy groups -OCH3 is 2. The van der Waals surface area contributed by atoms with Gasteiger partial charge in [-0.05, 0) is 42.3 Å². The van der Waals surface area contributed by atoms with Gasteiger partial charge in [0.2, 0.25) is 0 Å². The Labute approximate surface area is 210 Å². The average Bonchev–Trinajstić information content (AvgIpc) is 2.91. The summed E-state index contributed by atoms with van der Waals surface area (Å²) in [5.41, 5.74) is 2.17. The summed E-state index contributed by atoms with van der Waals surface area (Å²) in [6.07, 6.45) is 0.154. The van der Waals surface area contributed by atoms with Gasteiger partial charge in [0.05, 0.1) is 26.4 Å². The molecule has 188 valence electrons. The van der Waals surface area contributed by atoms with Gasteiger partial charge in [-0.2, -0.15) is 0 Å². The molecule has 0 aromatic heterocycles. The van der Waals surface area contributed by atoms with Crippen LogP contribution in [0.3, 0.4) is 0 Å². The van der Waals surface area contributed by atoms with Gasteiger partial charge in [0.15, 0.2) is 0 Å². The van der Waals surface area contributed by atoms with Gasteiger partial charge in [-0.3, -0.25) is 4.79 Å². The highest BCUT2D eigenvalue weighted by molar-refractivity contribution is 6.01. The van der Waals surface area contributed by atoms with Crippen LogP contribution in [-0.4, -0.2) is 44.7 Å². The standard InChI is InChI=1S/C28H29NO7/c1-4-35-28(32)22(29-26(30)25-23(33-2)11-8-12-24(25)34-3)17-19-13-15-21(16-14-19)27(31)36-18-20-9-6-5-7-10-20/h5-16,22H,4,17-18H2,1-3H3,(H,29,30)/t22-/m0/s1. The first-order valence-electron chi connectivity index (χ1n) is 11.4. The van der Waals surface area contributed by atoms with Gasteiger partial charge in [0.1, 0.15) is 29.7 Å². The maximum Gasteiger partial charge on any atom is 0.338 e. The first-order valence-corrected chi connectivity index (χ1v) is 11.4. The number of ether oxygens (including phenoxy) is 4. The van der Waals surface area contributed by atoms with Crippen molar-refractivity contribution in [1.82, 2.24) is 5.32 Å². The number of carbonyl (C=O) groups excluding carboxylic acids is 3. The molecule has 0 radical (unpaired) electrons. The number of hydrogen-bond donors (Lipinski definition) is 1. The van der Waals surface area contributed by atoms with E-state index in [1.165, 1.54) is 14.2 Å². The fourth-order valence-corrected chi connectivity index (χ4v) is 3.56. The molecule has 0 aliphatic rings. The van der Waals surface area contributed by atoms with E-state index < -0.39 is 23.9 Å². The zero-order valence-corrected chi connectivity index (χ0v) is 20.5. The predicted molar refractivity (Wildman–Crippen MR) is 133 cm³/mol. The van der Waals surface area contributed by atoms with Crippen LogP contribution in [-0.2, 0) is 27.3 Å². The maximum absolute atomic E-state index is 13.1. The number of rotatable bonds is 11. The monoisotopic (exact) mass is 491 g/mol. The molecule has 0 spiro atoms. The smallest absolute Gasteiger partial charge is 0.338 e. The summed E-state index contributed by atoms with van der Waals surface area (Å²) >= 11 is 0. The van der Waals surface area contributed by atoms with Crippen molar-refractivity contribution in [3.05, 3.63) is 95.1 Å². The van der Waals surface area contributed by atoms with E-state index in [2.05, 4.69) is 5.32 Å². The van der Waals surface area contributed by atoms with Crippen LogP contribution >= 0.6 is 0 Å². The van der Waals surface area contributed by atoms with E-state index in [-0.39, 0.29) is 25.2 Å². The molecule has 0 unspecified atom stereocenters. The largest absolute Gasteiger partial charge is 0.496 e. The molecule has 3 rings (SSSR count). The summed E-state index contributed by atoms with van der Waals surface area (Å²) in [7, 11) is 2.89. The molecule has 1 atom stereocenters. The lowest BCUT2D eigenvalue weighted by atomic mass is 10.0. The predicted octanol–water partition coefficient (Wildman–Crippen LogP) is 3.97. The molecule has 0 heterocycles. The Morgan fingerprint density at radius 2 is 1.42 bits per heavy atom. The second kappa shape index (κ2) is 12.9. The maximum atomic E-state index is 13.1. The van der Waals surface area contributed by atoms with Gasteiger partial charge in [-0.1, -0.05) is 48.5 Å². The normalized spacial score (nSPS) is 11.2. The molecule has 1 N–H and O–H groups in total. The number of nitrogens with one attached hydrogen (secondary N) is 1. The Morgan fingerprint density at radius 3 is 2.00 bits per heavy atom. The van der Waals surface area contributed by atoms with Crippen LogP contribution in [0.4, 0.5) is 0 Å². The van der Waals surface area contributed by atoms with Crippen molar-refractivity contribution in [3.63, 3.8) is 0 Å². The number of carbonyl (C=O) groups is 3. The first-order chi connectivity index (χ1) is 17.5. The van der Waals surface area contributed by atoms with Crippen molar-refractivity contribution in [2.75, 3.05) is 20.8 Å². The van der Waals surface area contributed by atoms with E-state index >= 15 is 0 Å². The summed E-state index contributed by atoms with van der Waals surface area (Å²) in [4.78, 5) is 38.1. The minimum Gasteiger partial charge on any atom is -0.496 e. The topological polar surface area (TPSA) is 100 Å². The van der Waals surface area contributed by atoms with E-state index in [1.54, 1.807) is 49.4 Å². The minimum atomic E-state index is -0.969. The molecular weight excluding hydrogens is 462 g/mol. The molecule has 0 bridgehead atoms. The molecule has 36 heavy (non-hydrogen) atoms. The fraction of sp³-hybridized carbons (Fsp3) is 0.250. The Balaban J connectivity index is 1.71. The molecule has 8 nitrogen and oxygen atoms in total. The molecule has 0 fully saturated rings. The molecule has 0 saturated carbocycles. The summed E-state index contributed by atoms with van der Waals surface area (Å²) in [5.74, 6) is -0.945. The highest BCUT2D eigenvalue weighted by atomic mass is 16.5. The van der Waals surface area contributed by atoms with E-state index in [0.717, 1.165) is 11.1 Å². The Morgan fingerprint density at radius 1 is 0.778 bits per heavy atom. The van der Waals surface area contributed by atoms with Gasteiger partial charge < -0.3 is 24.3 Å². The fourth-order valence-electron chi connectivity index (χ4n) is 3.56. The first kappa shape index (κ1) is 26.3. The van der Waals surface area contributed by atoms with Crippen molar-refractivity contribution in [1.29, 1.82) is 0 Å². The Bertz CT molecular complexity index is 1150. The lowest BCUT2D eigenvalue weighted by molar-refractivity contribution is -0.145. The molecule has 0 aliphatic heterocycles. The number of amides is 1. The van der Waals surface area contributed by atoms with Gasteiger partial charge in [-0.15, -0.1) is 0 Å². The Kier molecular flexibility index (Phi) is 9.45. The van der Waals surface area contributed by atoms with Gasteiger partial charge >= 0.3 is 11.9 Å². The average molecular weight is 492 g/mol. The summed E-state index contributed by atoms with van der Waals surface area (Å²) < 4.78 is 21.1. The van der Waals surface area contributed by atoms with Crippen LogP contribution in [0.1, 0.15) is 38.8 Å². The highest BCUT2D eigenvalue weighted by Crippen LogP contribution is 2.28. The molecule has 0 aliphatic carbocycles. The third kappa shape index (κ3) is 6.85. The molecule has 8 heteroatoms. The van der Waals surface area contributed by atoms with E-state index in [0.29, 0.717) is 17.1 Å². The Hall–Kier alpha value is -4.33. The van der Waals surface area contributed by atoms with Gasteiger partial charge in [0.25, 0.3) is 5.91 Å². The van der Waals surface area contributed by atoms with Crippen LogP contribution in [0.5, 0.6) is 11.5 Å². The van der Waals surface area contributed by atoms with Gasteiger partial charge in [-0.25, -0.2) is 9.59 Å². The van der Waals surface area contributed by atoms with Crippen molar-refractivity contribution < 1.29 is 33.3 Å². The van der Waals surface area contributed by atoms with Crippen molar-refractivity contribution in [2.24, 2.45) is 0 Å². The third-order valence-electron chi connectivity index (χ3n) is 5.37. The van der Waals surface area contributed by atoms with E-state index in [1.807, 2.05) is 30.3 Å². The van der Waals surface area contributed by atoms with Crippen LogP contribution in [0.25, 0.3) is 0 Å². The van der Waals surface area contributed by atoms with E-state index in [4.69, 9.17) is 18.9 Å². The molecule has 0 saturated heterocycles. The van der Waals surface area contributed by atoms with Crippen LogP contribution < -0.4 is 14.8 Å². The quantitative estimate of drug-likeness (QED) is 0.405. The van der Waals surface area contributed by atoms with Gasteiger partial charge in [0, 0.05) is 6.42 Å². The zero-order valence-electron chi connectivity index (χ0n) is 20.5. The third-order valence-corrected chi connectivity index (χ3v) is 5.37.